The van der Waals surface area contributed by atoms with Crippen LogP contribution in [0.1, 0.15) is 37.1 Å². The molecule has 178 valence electrons. The minimum Gasteiger partial charge on any atom is -0.390 e. The molecule has 1 heterocycles. The molecule has 3 aromatic rings. The molecule has 0 saturated heterocycles. The molecule has 1 unspecified atom stereocenters. The largest absolute Gasteiger partial charge is 0.390 e. The Hall–Kier alpha value is -3.45. The van der Waals surface area contributed by atoms with Crippen LogP contribution >= 0.6 is 0 Å². The van der Waals surface area contributed by atoms with Gasteiger partial charge >= 0.3 is 0 Å². The zero-order valence-electron chi connectivity index (χ0n) is 19.7. The van der Waals surface area contributed by atoms with Crippen molar-refractivity contribution in [1.29, 1.82) is 0 Å². The fourth-order valence-electron chi connectivity index (χ4n) is 5.00. The van der Waals surface area contributed by atoms with Crippen molar-refractivity contribution < 1.29 is 19.1 Å². The summed E-state index contributed by atoms with van der Waals surface area (Å²) in [4.78, 5) is 28.5. The number of carbonyl (C=O) groups excluding carboxylic acids is 2. The number of benzene rings is 2. The minimum absolute atomic E-state index is 0.0597. The second-order valence-electron chi connectivity index (χ2n) is 9.58. The van der Waals surface area contributed by atoms with E-state index in [4.69, 9.17) is 5.73 Å². The molecule has 0 radical (unpaired) electrons. The highest BCUT2D eigenvalue weighted by molar-refractivity contribution is 6.04. The highest BCUT2D eigenvalue weighted by Crippen LogP contribution is 2.42. The fraction of sp³-hybridized carbons (Fsp3) is 0.333. The summed E-state index contributed by atoms with van der Waals surface area (Å²) in [5, 5.41) is 11.4. The summed E-state index contributed by atoms with van der Waals surface area (Å²) in [5.41, 5.74) is 9.44. The smallest absolute Gasteiger partial charge is 0.250 e. The van der Waals surface area contributed by atoms with Crippen molar-refractivity contribution in [2.75, 3.05) is 11.9 Å². The van der Waals surface area contributed by atoms with Crippen molar-refractivity contribution in [3.8, 4) is 11.1 Å². The molecule has 4 rings (SSSR count). The number of likely N-dealkylation sites (N-methyl/N-ethyl adjacent to an activating group) is 1. The molecule has 34 heavy (non-hydrogen) atoms. The SMILES string of the molecule is C=CC(=O)N(C)c1cccc(-c2ccc(CC(N)=O)c3[nH]c4c(c23)CCC(C(C)(C)O)C4)c1F. The molecule has 7 heteroatoms. The minimum atomic E-state index is -0.823. The third-order valence-corrected chi connectivity index (χ3v) is 6.93. The van der Waals surface area contributed by atoms with E-state index in [1.165, 1.54) is 11.9 Å². The molecular formula is C27H30FN3O3. The maximum absolute atomic E-state index is 15.8. The molecule has 0 spiro atoms. The first-order valence-corrected chi connectivity index (χ1v) is 11.4. The maximum Gasteiger partial charge on any atom is 0.250 e. The van der Waals surface area contributed by atoms with Crippen LogP contribution in [0.4, 0.5) is 10.1 Å². The first-order valence-electron chi connectivity index (χ1n) is 11.4. The van der Waals surface area contributed by atoms with Crippen molar-refractivity contribution in [2.45, 2.75) is 45.1 Å². The van der Waals surface area contributed by atoms with E-state index in [9.17, 15) is 14.7 Å². The quantitative estimate of drug-likeness (QED) is 0.481. The van der Waals surface area contributed by atoms with Crippen LogP contribution in [-0.2, 0) is 28.9 Å². The Kier molecular flexibility index (Phi) is 6.08. The topological polar surface area (TPSA) is 99.4 Å². The number of amides is 2. The molecule has 4 N–H and O–H groups in total. The number of nitrogens with one attached hydrogen (secondary N) is 1. The van der Waals surface area contributed by atoms with Crippen molar-refractivity contribution in [2.24, 2.45) is 11.7 Å². The number of anilines is 1. The number of aromatic nitrogens is 1. The molecule has 6 nitrogen and oxygen atoms in total. The van der Waals surface area contributed by atoms with Crippen LogP contribution in [0.15, 0.2) is 43.0 Å². The average Bonchev–Trinajstić information content (AvgIpc) is 3.17. The number of hydrogen-bond donors (Lipinski definition) is 3. The lowest BCUT2D eigenvalue weighted by atomic mass is 9.77. The average molecular weight is 464 g/mol. The second kappa shape index (κ2) is 8.72. The van der Waals surface area contributed by atoms with E-state index >= 15 is 4.39 Å². The number of primary amides is 1. The summed E-state index contributed by atoms with van der Waals surface area (Å²) in [6, 6.07) is 8.57. The van der Waals surface area contributed by atoms with Crippen LogP contribution in [0.2, 0.25) is 0 Å². The summed E-state index contributed by atoms with van der Waals surface area (Å²) in [6.07, 6.45) is 3.37. The molecule has 0 saturated carbocycles. The van der Waals surface area contributed by atoms with Gasteiger partial charge in [-0.2, -0.15) is 0 Å². The number of rotatable bonds is 6. The van der Waals surface area contributed by atoms with E-state index in [1.54, 1.807) is 24.3 Å². The van der Waals surface area contributed by atoms with E-state index in [2.05, 4.69) is 11.6 Å². The lowest BCUT2D eigenvalue weighted by Crippen LogP contribution is -2.34. The first-order chi connectivity index (χ1) is 16.0. The van der Waals surface area contributed by atoms with Gasteiger partial charge in [0.1, 0.15) is 0 Å². The molecule has 1 aromatic heterocycles. The molecule has 0 bridgehead atoms. The summed E-state index contributed by atoms with van der Waals surface area (Å²) in [6.45, 7) is 7.12. The van der Waals surface area contributed by atoms with Crippen LogP contribution in [-0.4, -0.2) is 34.6 Å². The third-order valence-electron chi connectivity index (χ3n) is 6.93. The van der Waals surface area contributed by atoms with Crippen molar-refractivity contribution in [3.63, 3.8) is 0 Å². The Bertz CT molecular complexity index is 1300. The monoisotopic (exact) mass is 463 g/mol. The predicted octanol–water partition coefficient (Wildman–Crippen LogP) is 4.03. The number of H-pyrrole nitrogens is 1. The Balaban J connectivity index is 1.94. The van der Waals surface area contributed by atoms with Crippen LogP contribution in [0, 0.1) is 11.7 Å². The van der Waals surface area contributed by atoms with Gasteiger partial charge in [0.25, 0.3) is 0 Å². The van der Waals surface area contributed by atoms with Gasteiger partial charge in [-0.15, -0.1) is 0 Å². The van der Waals surface area contributed by atoms with E-state index in [0.29, 0.717) is 24.0 Å². The number of aryl methyl sites for hydroxylation is 1. The lowest BCUT2D eigenvalue weighted by molar-refractivity contribution is -0.117. The predicted molar refractivity (Wildman–Crippen MR) is 132 cm³/mol. The summed E-state index contributed by atoms with van der Waals surface area (Å²) >= 11 is 0. The second-order valence-corrected chi connectivity index (χ2v) is 9.58. The molecule has 2 aromatic carbocycles. The Morgan fingerprint density at radius 2 is 2.03 bits per heavy atom. The van der Waals surface area contributed by atoms with Crippen molar-refractivity contribution >= 4 is 28.4 Å². The molecule has 1 aliphatic rings. The highest BCUT2D eigenvalue weighted by Gasteiger charge is 2.33. The van der Waals surface area contributed by atoms with E-state index in [0.717, 1.165) is 40.2 Å². The number of nitrogens with two attached hydrogens (primary N) is 1. The van der Waals surface area contributed by atoms with Gasteiger partial charge in [0.2, 0.25) is 11.8 Å². The van der Waals surface area contributed by atoms with E-state index < -0.39 is 23.2 Å². The highest BCUT2D eigenvalue weighted by atomic mass is 19.1. The van der Waals surface area contributed by atoms with Gasteiger partial charge in [-0.3, -0.25) is 9.59 Å². The zero-order valence-corrected chi connectivity index (χ0v) is 19.7. The molecule has 2 amide bonds. The van der Waals surface area contributed by atoms with Crippen LogP contribution in [0.3, 0.4) is 0 Å². The van der Waals surface area contributed by atoms with Gasteiger partial charge < -0.3 is 20.7 Å². The normalized spacial score (nSPS) is 15.7. The molecule has 1 atom stereocenters. The van der Waals surface area contributed by atoms with Crippen LogP contribution < -0.4 is 10.6 Å². The Labute approximate surface area is 198 Å². The van der Waals surface area contributed by atoms with E-state index in [1.807, 2.05) is 19.9 Å². The number of hydrogen-bond acceptors (Lipinski definition) is 3. The number of nitrogens with zero attached hydrogens (tertiary/aromatic N) is 1. The molecule has 0 aliphatic heterocycles. The summed E-state index contributed by atoms with van der Waals surface area (Å²) in [7, 11) is 1.51. The number of aromatic amines is 1. The maximum atomic E-state index is 15.8. The van der Waals surface area contributed by atoms with Crippen LogP contribution in [0.25, 0.3) is 22.0 Å². The van der Waals surface area contributed by atoms with Crippen molar-refractivity contribution in [1.82, 2.24) is 4.98 Å². The number of fused-ring (bicyclic) bond motifs is 3. The van der Waals surface area contributed by atoms with Crippen LogP contribution in [0.5, 0.6) is 0 Å². The zero-order chi connectivity index (χ0) is 24.8. The molecule has 0 fully saturated rings. The Morgan fingerprint density at radius 3 is 2.68 bits per heavy atom. The van der Waals surface area contributed by atoms with Gasteiger partial charge in [-0.05, 0) is 67.9 Å². The fourth-order valence-corrected chi connectivity index (χ4v) is 5.00. The standard InChI is InChI=1S/C27H30FN3O3/c1-5-23(33)31(4)21-8-6-7-18(25(21)28)17-11-9-15(13-22(29)32)26-24(17)19-12-10-16(27(2,3)34)14-20(19)30-26/h5-9,11,16,30,34H,1,10,12-14H2,2-4H3,(H2,29,32). The lowest BCUT2D eigenvalue weighted by Gasteiger charge is -2.32. The molecule has 1 aliphatic carbocycles. The van der Waals surface area contributed by atoms with Gasteiger partial charge in [-0.25, -0.2) is 4.39 Å². The first kappa shape index (κ1) is 23.7. The van der Waals surface area contributed by atoms with Crippen molar-refractivity contribution in [3.05, 3.63) is 65.6 Å². The number of halogens is 1. The van der Waals surface area contributed by atoms with Gasteiger partial charge in [0.05, 0.1) is 23.2 Å². The number of carbonyl (C=O) groups is 2. The molecular weight excluding hydrogens is 433 g/mol. The third kappa shape index (κ3) is 4.12. The number of aliphatic hydroxyl groups is 1. The summed E-state index contributed by atoms with van der Waals surface area (Å²) < 4.78 is 15.8. The van der Waals surface area contributed by atoms with Gasteiger partial charge in [0, 0.05) is 23.7 Å². The van der Waals surface area contributed by atoms with Gasteiger partial charge in [-0.1, -0.05) is 30.8 Å². The summed E-state index contributed by atoms with van der Waals surface area (Å²) in [5.74, 6) is -1.29. The Morgan fingerprint density at radius 1 is 1.29 bits per heavy atom. The van der Waals surface area contributed by atoms with E-state index in [-0.39, 0.29) is 18.0 Å². The van der Waals surface area contributed by atoms with Gasteiger partial charge in [0.15, 0.2) is 5.82 Å².